The number of amides is 1. The number of hydrogen-bond donors (Lipinski definition) is 3. The maximum atomic E-state index is 13.2. The lowest BCUT2D eigenvalue weighted by molar-refractivity contribution is 0.0934. The van der Waals surface area contributed by atoms with Gasteiger partial charge in [-0.3, -0.25) is 9.36 Å². The van der Waals surface area contributed by atoms with Crippen LogP contribution in [0.2, 0.25) is 0 Å². The molecule has 1 unspecified atom stereocenters. The molecule has 172 valence electrons. The van der Waals surface area contributed by atoms with E-state index < -0.39 is 0 Å². The highest BCUT2D eigenvalue weighted by Gasteiger charge is 2.25. The van der Waals surface area contributed by atoms with Gasteiger partial charge in [0.05, 0.1) is 22.5 Å². The Morgan fingerprint density at radius 1 is 1.32 bits per heavy atom. The molecule has 0 aliphatic heterocycles. The van der Waals surface area contributed by atoms with Crippen molar-refractivity contribution in [2.45, 2.75) is 45.2 Å². The fourth-order valence-corrected chi connectivity index (χ4v) is 5.20. The third kappa shape index (κ3) is 4.18. The summed E-state index contributed by atoms with van der Waals surface area (Å²) in [5.41, 5.74) is 9.29. The number of aromatic nitrogens is 4. The molecular weight excluding hydrogens is 448 g/mol. The van der Waals surface area contributed by atoms with Crippen LogP contribution in [0.1, 0.15) is 46.8 Å². The molecule has 5 rings (SSSR count). The predicted octanol–water partition coefficient (Wildman–Crippen LogP) is 3.44. The molecule has 34 heavy (non-hydrogen) atoms. The lowest BCUT2D eigenvalue weighted by Gasteiger charge is -2.23. The van der Waals surface area contributed by atoms with Crippen LogP contribution in [0.5, 0.6) is 0 Å². The van der Waals surface area contributed by atoms with Crippen molar-refractivity contribution >= 4 is 39.1 Å². The first-order valence-corrected chi connectivity index (χ1v) is 11.9. The number of anilines is 2. The Hall–Kier alpha value is -3.97. The molecule has 1 aliphatic carbocycles. The van der Waals surface area contributed by atoms with Gasteiger partial charge < -0.3 is 16.4 Å². The summed E-state index contributed by atoms with van der Waals surface area (Å²) in [5, 5.41) is 17.1. The number of hydrogen-bond acceptors (Lipinski definition) is 8. The molecule has 4 heterocycles. The van der Waals surface area contributed by atoms with Gasteiger partial charge in [0.2, 0.25) is 0 Å². The summed E-state index contributed by atoms with van der Waals surface area (Å²) in [6.07, 6.45) is 7.38. The number of nitrogens with one attached hydrogen (secondary N) is 2. The molecule has 0 aromatic carbocycles. The van der Waals surface area contributed by atoms with Crippen LogP contribution in [0.15, 0.2) is 36.8 Å². The largest absolute Gasteiger partial charge is 0.382 e. The molecule has 0 spiro atoms. The number of carbonyl (C=O) groups is 1. The zero-order valence-corrected chi connectivity index (χ0v) is 19.7. The molecule has 4 aromatic heterocycles. The van der Waals surface area contributed by atoms with Crippen molar-refractivity contribution in [3.05, 3.63) is 58.5 Å². The molecule has 0 radical (unpaired) electrons. The Morgan fingerprint density at radius 3 is 2.97 bits per heavy atom. The minimum atomic E-state index is -0.165. The van der Waals surface area contributed by atoms with Gasteiger partial charge in [-0.05, 0) is 38.8 Å². The summed E-state index contributed by atoms with van der Waals surface area (Å²) in [6.45, 7) is 4.04. The van der Waals surface area contributed by atoms with Gasteiger partial charge in [0, 0.05) is 53.4 Å². The molecule has 10 heteroatoms. The van der Waals surface area contributed by atoms with Crippen LogP contribution in [-0.4, -0.2) is 37.5 Å². The summed E-state index contributed by atoms with van der Waals surface area (Å²) in [7, 11) is 0. The number of fused-ring (bicyclic) bond motifs is 2. The zero-order chi connectivity index (χ0) is 23.8. The highest BCUT2D eigenvalue weighted by atomic mass is 32.1. The second-order valence-corrected chi connectivity index (χ2v) is 9.77. The maximum Gasteiger partial charge on any atom is 0.255 e. The number of aryl methyl sites for hydroxylation is 1. The highest BCUT2D eigenvalue weighted by Crippen LogP contribution is 2.29. The Labute approximate surface area is 200 Å². The average molecular weight is 473 g/mol. The van der Waals surface area contributed by atoms with Crippen molar-refractivity contribution < 1.29 is 4.79 Å². The third-order valence-electron chi connectivity index (χ3n) is 5.77. The molecule has 0 fully saturated rings. The normalized spacial score (nSPS) is 15.2. The van der Waals surface area contributed by atoms with E-state index in [9.17, 15) is 4.79 Å². The minimum absolute atomic E-state index is 0.0262. The Balaban J connectivity index is 1.43. The lowest BCUT2D eigenvalue weighted by atomic mass is 9.97. The number of rotatable bonds is 5. The van der Waals surface area contributed by atoms with E-state index in [1.165, 1.54) is 11.3 Å². The molecule has 4 aromatic rings. The number of nitrogens with two attached hydrogens (primary N) is 1. The van der Waals surface area contributed by atoms with Crippen LogP contribution in [0, 0.1) is 11.3 Å². The Bertz CT molecular complexity index is 1430. The van der Waals surface area contributed by atoms with Crippen molar-refractivity contribution in [1.82, 2.24) is 24.8 Å². The molecular formula is C24H24N8OS. The van der Waals surface area contributed by atoms with Gasteiger partial charge in [0.1, 0.15) is 17.5 Å². The molecule has 1 aliphatic rings. The van der Waals surface area contributed by atoms with Gasteiger partial charge in [-0.15, -0.1) is 11.3 Å². The van der Waals surface area contributed by atoms with Gasteiger partial charge in [0.15, 0.2) is 5.13 Å². The van der Waals surface area contributed by atoms with Gasteiger partial charge in [-0.2, -0.15) is 5.26 Å². The first-order valence-electron chi connectivity index (χ1n) is 11.1. The van der Waals surface area contributed by atoms with Crippen LogP contribution in [0.3, 0.4) is 0 Å². The minimum Gasteiger partial charge on any atom is -0.382 e. The van der Waals surface area contributed by atoms with E-state index in [0.717, 1.165) is 35.2 Å². The van der Waals surface area contributed by atoms with Crippen LogP contribution in [0.4, 0.5) is 10.8 Å². The van der Waals surface area contributed by atoms with E-state index in [2.05, 4.69) is 31.7 Å². The Kier molecular flexibility index (Phi) is 5.63. The van der Waals surface area contributed by atoms with Crippen molar-refractivity contribution in [2.24, 2.45) is 0 Å². The zero-order valence-electron chi connectivity index (χ0n) is 18.9. The summed E-state index contributed by atoms with van der Waals surface area (Å²) < 4.78 is 1.85. The van der Waals surface area contributed by atoms with E-state index in [-0.39, 0.29) is 18.0 Å². The fourth-order valence-electron chi connectivity index (χ4n) is 4.24. The summed E-state index contributed by atoms with van der Waals surface area (Å²) in [4.78, 5) is 27.7. The lowest BCUT2D eigenvalue weighted by Crippen LogP contribution is -2.39. The number of nitrogens with zero attached hydrogens (tertiary/aromatic N) is 5. The molecule has 0 saturated heterocycles. The van der Waals surface area contributed by atoms with Crippen LogP contribution in [0.25, 0.3) is 16.9 Å². The molecule has 1 atom stereocenters. The van der Waals surface area contributed by atoms with E-state index in [4.69, 9.17) is 11.0 Å². The number of nitrogen functional groups attached to an aromatic ring is 1. The highest BCUT2D eigenvalue weighted by molar-refractivity contribution is 7.15. The van der Waals surface area contributed by atoms with Gasteiger partial charge in [-0.25, -0.2) is 15.0 Å². The summed E-state index contributed by atoms with van der Waals surface area (Å²) in [6, 6.07) is 7.80. The van der Waals surface area contributed by atoms with E-state index >= 15 is 0 Å². The SMILES string of the molecule is CC(C)Nc1cc(-n2ccc3cc(C#N)cnc32)ncc1C(=O)NC1CCc2nc(N)sc2C1. The van der Waals surface area contributed by atoms with Gasteiger partial charge in [-0.1, -0.05) is 0 Å². The van der Waals surface area contributed by atoms with Gasteiger partial charge in [0.25, 0.3) is 5.91 Å². The van der Waals surface area contributed by atoms with E-state index in [0.29, 0.717) is 33.4 Å². The van der Waals surface area contributed by atoms with Crippen molar-refractivity contribution in [2.75, 3.05) is 11.1 Å². The van der Waals surface area contributed by atoms with Crippen LogP contribution >= 0.6 is 11.3 Å². The topological polar surface area (TPSA) is 135 Å². The van der Waals surface area contributed by atoms with Crippen LogP contribution in [-0.2, 0) is 12.8 Å². The Morgan fingerprint density at radius 2 is 2.18 bits per heavy atom. The fraction of sp³-hybridized carbons (Fsp3) is 0.292. The summed E-state index contributed by atoms with van der Waals surface area (Å²) in [5.74, 6) is 0.469. The number of nitriles is 1. The second kappa shape index (κ2) is 8.76. The van der Waals surface area contributed by atoms with Crippen molar-refractivity contribution in [1.29, 1.82) is 5.26 Å². The molecule has 0 bridgehead atoms. The molecule has 1 amide bonds. The van der Waals surface area contributed by atoms with E-state index in [1.807, 2.05) is 36.7 Å². The smallest absolute Gasteiger partial charge is 0.255 e. The first-order chi connectivity index (χ1) is 16.4. The van der Waals surface area contributed by atoms with Crippen LogP contribution < -0.4 is 16.4 Å². The monoisotopic (exact) mass is 472 g/mol. The second-order valence-electron chi connectivity index (χ2n) is 8.66. The molecule has 9 nitrogen and oxygen atoms in total. The average Bonchev–Trinajstić information content (AvgIpc) is 3.40. The summed E-state index contributed by atoms with van der Waals surface area (Å²) >= 11 is 1.50. The number of pyridine rings is 2. The molecule has 4 N–H and O–H groups in total. The standard InChI is InChI=1S/C24H24N8OS/c1-13(2)29-19-9-21(32-6-5-15-7-14(10-25)11-28-22(15)32)27-12-17(19)23(33)30-16-3-4-18-20(8-16)34-24(26)31-18/h5-7,9,11-13,16H,3-4,8H2,1-2H3,(H2,26,31)(H,27,29)(H,30,33). The number of thiazole rings is 1. The van der Waals surface area contributed by atoms with Crippen molar-refractivity contribution in [3.8, 4) is 11.9 Å². The molecule has 0 saturated carbocycles. The third-order valence-corrected chi connectivity index (χ3v) is 6.72. The predicted molar refractivity (Wildman–Crippen MR) is 132 cm³/mol. The van der Waals surface area contributed by atoms with Gasteiger partial charge >= 0.3 is 0 Å². The van der Waals surface area contributed by atoms with Crippen molar-refractivity contribution in [3.63, 3.8) is 0 Å². The van der Waals surface area contributed by atoms with E-state index in [1.54, 1.807) is 18.5 Å². The maximum absolute atomic E-state index is 13.2. The first kappa shape index (κ1) is 21.9. The number of carbonyl (C=O) groups excluding carboxylic acids is 1. The quantitative estimate of drug-likeness (QED) is 0.405.